The predicted octanol–water partition coefficient (Wildman–Crippen LogP) is 2.95. The van der Waals surface area contributed by atoms with E-state index in [1.54, 1.807) is 7.11 Å². The third kappa shape index (κ3) is 2.78. The number of thioether (sulfide) groups is 1. The number of methoxy groups -OCH3 is 1. The fraction of sp³-hybridized carbons (Fsp3) is 0.538. The average molecular weight is 237 g/mol. The van der Waals surface area contributed by atoms with Crippen molar-refractivity contribution in [3.05, 3.63) is 35.4 Å². The summed E-state index contributed by atoms with van der Waals surface area (Å²) in [6, 6.07) is 8.54. The zero-order valence-electron chi connectivity index (χ0n) is 9.90. The molecule has 0 amide bonds. The minimum Gasteiger partial charge on any atom is -0.380 e. The summed E-state index contributed by atoms with van der Waals surface area (Å²) >= 11 is 2.01. The summed E-state index contributed by atoms with van der Waals surface area (Å²) in [5.41, 5.74) is 2.67. The molecule has 0 aromatic heterocycles. The number of rotatable bonds is 3. The van der Waals surface area contributed by atoms with Crippen molar-refractivity contribution in [2.24, 2.45) is 0 Å². The SMILES string of the molecule is COCc1ccccc1C1NCCC(C)S1. The molecule has 0 spiro atoms. The smallest absolute Gasteiger partial charge is 0.0795 e. The standard InChI is InChI=1S/C13H19NOS/c1-10-7-8-14-13(16-10)12-6-4-3-5-11(12)9-15-2/h3-6,10,13-14H,7-9H2,1-2H3. The fourth-order valence-corrected chi connectivity index (χ4v) is 3.34. The van der Waals surface area contributed by atoms with E-state index < -0.39 is 0 Å². The second-order valence-electron chi connectivity index (χ2n) is 4.20. The van der Waals surface area contributed by atoms with Crippen LogP contribution in [-0.2, 0) is 11.3 Å². The Labute approximate surface area is 102 Å². The van der Waals surface area contributed by atoms with Crippen LogP contribution in [0.4, 0.5) is 0 Å². The molecule has 2 nitrogen and oxygen atoms in total. The van der Waals surface area contributed by atoms with Gasteiger partial charge >= 0.3 is 0 Å². The molecule has 0 aliphatic carbocycles. The highest BCUT2D eigenvalue weighted by Gasteiger charge is 2.21. The molecule has 0 saturated carbocycles. The third-order valence-corrected chi connectivity index (χ3v) is 4.28. The molecule has 1 aliphatic heterocycles. The first kappa shape index (κ1) is 12.0. The molecule has 2 rings (SSSR count). The summed E-state index contributed by atoms with van der Waals surface area (Å²) in [5.74, 6) is 0. The maximum atomic E-state index is 5.25. The van der Waals surface area contributed by atoms with Gasteiger partial charge in [0.1, 0.15) is 0 Å². The number of benzene rings is 1. The Morgan fingerprint density at radius 1 is 1.44 bits per heavy atom. The van der Waals surface area contributed by atoms with E-state index in [0.717, 1.165) is 11.8 Å². The van der Waals surface area contributed by atoms with Crippen LogP contribution in [0.15, 0.2) is 24.3 Å². The fourth-order valence-electron chi connectivity index (χ4n) is 2.03. The monoisotopic (exact) mass is 237 g/mol. The molecule has 1 N–H and O–H groups in total. The van der Waals surface area contributed by atoms with Crippen molar-refractivity contribution >= 4 is 11.8 Å². The van der Waals surface area contributed by atoms with Crippen molar-refractivity contribution < 1.29 is 4.74 Å². The first-order valence-electron chi connectivity index (χ1n) is 5.77. The van der Waals surface area contributed by atoms with E-state index in [4.69, 9.17) is 4.74 Å². The molecule has 2 unspecified atom stereocenters. The normalized spacial score (nSPS) is 25.6. The Balaban J connectivity index is 2.17. The van der Waals surface area contributed by atoms with E-state index in [2.05, 4.69) is 36.5 Å². The van der Waals surface area contributed by atoms with Crippen LogP contribution in [0.2, 0.25) is 0 Å². The van der Waals surface area contributed by atoms with E-state index in [-0.39, 0.29) is 0 Å². The van der Waals surface area contributed by atoms with Gasteiger partial charge in [0.2, 0.25) is 0 Å². The predicted molar refractivity (Wildman–Crippen MR) is 69.6 cm³/mol. The minimum absolute atomic E-state index is 0.426. The Bertz CT molecular complexity index is 342. The molecule has 1 aromatic carbocycles. The number of hydrogen-bond donors (Lipinski definition) is 1. The molecule has 1 aliphatic rings. The Morgan fingerprint density at radius 2 is 2.25 bits per heavy atom. The van der Waals surface area contributed by atoms with E-state index in [0.29, 0.717) is 12.0 Å². The van der Waals surface area contributed by atoms with Gasteiger partial charge in [-0.05, 0) is 24.1 Å². The van der Waals surface area contributed by atoms with Crippen LogP contribution in [-0.4, -0.2) is 18.9 Å². The van der Waals surface area contributed by atoms with E-state index in [9.17, 15) is 0 Å². The van der Waals surface area contributed by atoms with Gasteiger partial charge in [0, 0.05) is 12.4 Å². The summed E-state index contributed by atoms with van der Waals surface area (Å²) in [6.07, 6.45) is 1.26. The topological polar surface area (TPSA) is 21.3 Å². The maximum absolute atomic E-state index is 5.25. The summed E-state index contributed by atoms with van der Waals surface area (Å²) in [4.78, 5) is 0. The number of hydrogen-bond acceptors (Lipinski definition) is 3. The summed E-state index contributed by atoms with van der Waals surface area (Å²) in [5, 5.41) is 4.74. The van der Waals surface area contributed by atoms with Crippen molar-refractivity contribution in [2.75, 3.05) is 13.7 Å². The molecular weight excluding hydrogens is 218 g/mol. The zero-order valence-corrected chi connectivity index (χ0v) is 10.7. The van der Waals surface area contributed by atoms with Crippen molar-refractivity contribution in [3.8, 4) is 0 Å². The van der Waals surface area contributed by atoms with Gasteiger partial charge in [0.25, 0.3) is 0 Å². The second kappa shape index (κ2) is 5.71. The van der Waals surface area contributed by atoms with Gasteiger partial charge in [0.05, 0.1) is 12.0 Å². The van der Waals surface area contributed by atoms with Crippen LogP contribution >= 0.6 is 11.8 Å². The molecule has 2 atom stereocenters. The molecule has 1 fully saturated rings. The van der Waals surface area contributed by atoms with Crippen LogP contribution < -0.4 is 5.32 Å². The molecule has 1 saturated heterocycles. The molecule has 88 valence electrons. The van der Waals surface area contributed by atoms with Gasteiger partial charge in [-0.25, -0.2) is 0 Å². The highest BCUT2D eigenvalue weighted by atomic mass is 32.2. The number of ether oxygens (including phenoxy) is 1. The Kier molecular flexibility index (Phi) is 4.27. The average Bonchev–Trinajstić information content (AvgIpc) is 2.30. The molecule has 0 radical (unpaired) electrons. The van der Waals surface area contributed by atoms with Gasteiger partial charge in [-0.15, -0.1) is 11.8 Å². The van der Waals surface area contributed by atoms with Crippen molar-refractivity contribution in [2.45, 2.75) is 30.6 Å². The van der Waals surface area contributed by atoms with E-state index >= 15 is 0 Å². The largest absolute Gasteiger partial charge is 0.380 e. The van der Waals surface area contributed by atoms with E-state index in [1.165, 1.54) is 17.5 Å². The lowest BCUT2D eigenvalue weighted by Gasteiger charge is -2.29. The molecule has 0 bridgehead atoms. The maximum Gasteiger partial charge on any atom is 0.0795 e. The highest BCUT2D eigenvalue weighted by Crippen LogP contribution is 2.35. The quantitative estimate of drug-likeness (QED) is 0.873. The summed E-state index contributed by atoms with van der Waals surface area (Å²) < 4.78 is 5.25. The van der Waals surface area contributed by atoms with Gasteiger partial charge < -0.3 is 10.1 Å². The molecular formula is C13H19NOS. The van der Waals surface area contributed by atoms with Crippen LogP contribution in [0.1, 0.15) is 29.8 Å². The first-order valence-corrected chi connectivity index (χ1v) is 6.71. The van der Waals surface area contributed by atoms with Gasteiger partial charge in [-0.1, -0.05) is 31.2 Å². The lowest BCUT2D eigenvalue weighted by atomic mass is 10.1. The molecule has 1 aromatic rings. The number of nitrogens with one attached hydrogen (secondary N) is 1. The third-order valence-electron chi connectivity index (χ3n) is 2.89. The van der Waals surface area contributed by atoms with Gasteiger partial charge in [-0.2, -0.15) is 0 Å². The lowest BCUT2D eigenvalue weighted by molar-refractivity contribution is 0.184. The molecule has 16 heavy (non-hydrogen) atoms. The Hall–Kier alpha value is -0.510. The molecule has 1 heterocycles. The minimum atomic E-state index is 0.426. The van der Waals surface area contributed by atoms with Gasteiger partial charge in [0.15, 0.2) is 0 Å². The van der Waals surface area contributed by atoms with Crippen molar-refractivity contribution in [1.82, 2.24) is 5.32 Å². The first-order chi connectivity index (χ1) is 7.81. The van der Waals surface area contributed by atoms with Gasteiger partial charge in [-0.3, -0.25) is 0 Å². The molecule has 3 heteroatoms. The van der Waals surface area contributed by atoms with Crippen LogP contribution in [0.25, 0.3) is 0 Å². The van der Waals surface area contributed by atoms with Crippen molar-refractivity contribution in [3.63, 3.8) is 0 Å². The van der Waals surface area contributed by atoms with E-state index in [1.807, 2.05) is 11.8 Å². The van der Waals surface area contributed by atoms with Crippen molar-refractivity contribution in [1.29, 1.82) is 0 Å². The second-order valence-corrected chi connectivity index (χ2v) is 5.75. The van der Waals surface area contributed by atoms with Crippen LogP contribution in [0.5, 0.6) is 0 Å². The highest BCUT2D eigenvalue weighted by molar-refractivity contribution is 8.00. The van der Waals surface area contributed by atoms with Crippen LogP contribution in [0, 0.1) is 0 Å². The Morgan fingerprint density at radius 3 is 3.00 bits per heavy atom. The summed E-state index contributed by atoms with van der Waals surface area (Å²) in [7, 11) is 1.75. The zero-order chi connectivity index (χ0) is 11.4. The lowest BCUT2D eigenvalue weighted by Crippen LogP contribution is -2.29. The van der Waals surface area contributed by atoms with Crippen LogP contribution in [0.3, 0.4) is 0 Å². The summed E-state index contributed by atoms with van der Waals surface area (Å²) in [6.45, 7) is 4.11.